The summed E-state index contributed by atoms with van der Waals surface area (Å²) in [5, 5.41) is 6.65. The molecule has 2 rings (SSSR count). The van der Waals surface area contributed by atoms with E-state index >= 15 is 0 Å². The first-order chi connectivity index (χ1) is 14.3. The van der Waals surface area contributed by atoms with E-state index in [1.165, 1.54) is 38.9 Å². The lowest BCUT2D eigenvalue weighted by Gasteiger charge is -2.30. The summed E-state index contributed by atoms with van der Waals surface area (Å²) in [4.78, 5) is 4.27. The fraction of sp³-hybridized carbons (Fsp3) is 0.667. The van der Waals surface area contributed by atoms with Crippen molar-refractivity contribution in [2.75, 3.05) is 41.0 Å². The van der Waals surface area contributed by atoms with Gasteiger partial charge in [0.05, 0.1) is 7.11 Å². The number of hydrogen-bond acceptors (Lipinski definition) is 4. The van der Waals surface area contributed by atoms with E-state index in [1.807, 2.05) is 0 Å². The Bertz CT molecular complexity index is 696. The third-order valence-electron chi connectivity index (χ3n) is 5.43. The molecule has 1 aromatic rings. The fourth-order valence-electron chi connectivity index (χ4n) is 3.74. The summed E-state index contributed by atoms with van der Waals surface area (Å²) >= 11 is 0. The molecule has 1 fully saturated rings. The average Bonchev–Trinajstić information content (AvgIpc) is 3.19. The van der Waals surface area contributed by atoms with Crippen LogP contribution in [0.1, 0.15) is 37.7 Å². The van der Waals surface area contributed by atoms with Crippen molar-refractivity contribution in [3.8, 4) is 11.5 Å². The molecule has 0 aliphatic heterocycles. The molecule has 1 aliphatic rings. The van der Waals surface area contributed by atoms with E-state index in [0.29, 0.717) is 12.5 Å². The maximum Gasteiger partial charge on any atom is 0.422 e. The number of hydrogen-bond donors (Lipinski definition) is 2. The van der Waals surface area contributed by atoms with Gasteiger partial charge in [0.15, 0.2) is 24.1 Å². The largest absolute Gasteiger partial charge is 0.493 e. The average molecular weight is 559 g/mol. The van der Waals surface area contributed by atoms with Crippen molar-refractivity contribution in [2.24, 2.45) is 10.4 Å². The highest BCUT2D eigenvalue weighted by atomic mass is 127. The second-order valence-corrected chi connectivity index (χ2v) is 7.62. The van der Waals surface area contributed by atoms with E-state index < -0.39 is 12.8 Å². The number of aliphatic imine (C=N–C) groups is 1. The van der Waals surface area contributed by atoms with Crippen molar-refractivity contribution in [1.82, 2.24) is 10.6 Å². The Morgan fingerprint density at radius 3 is 2.42 bits per heavy atom. The van der Waals surface area contributed by atoms with Crippen molar-refractivity contribution in [3.63, 3.8) is 0 Å². The maximum atomic E-state index is 12.4. The molecule has 2 N–H and O–H groups in total. The molecule has 6 nitrogen and oxygen atoms in total. The summed E-state index contributed by atoms with van der Waals surface area (Å²) in [6.45, 7) is 0.656. The summed E-state index contributed by atoms with van der Waals surface area (Å²) in [6.07, 6.45) is 1.45. The number of methoxy groups -OCH3 is 2. The molecule has 0 aromatic heterocycles. The van der Waals surface area contributed by atoms with Crippen LogP contribution in [0.3, 0.4) is 0 Å². The summed E-state index contributed by atoms with van der Waals surface area (Å²) in [7, 11) is 4.83. The summed E-state index contributed by atoms with van der Waals surface area (Å²) in [6, 6.07) is 4.84. The molecule has 0 heterocycles. The van der Waals surface area contributed by atoms with Gasteiger partial charge in [0.25, 0.3) is 0 Å². The quantitative estimate of drug-likeness (QED) is 0.251. The van der Waals surface area contributed by atoms with Crippen LogP contribution < -0.4 is 20.1 Å². The number of alkyl halides is 3. The molecule has 0 saturated heterocycles. The van der Waals surface area contributed by atoms with Crippen LogP contribution in [0.25, 0.3) is 0 Å². The van der Waals surface area contributed by atoms with Crippen molar-refractivity contribution in [3.05, 3.63) is 23.8 Å². The Labute approximate surface area is 199 Å². The van der Waals surface area contributed by atoms with Gasteiger partial charge in [-0.2, -0.15) is 13.2 Å². The number of nitrogens with one attached hydrogen (secondary N) is 2. The van der Waals surface area contributed by atoms with E-state index in [0.717, 1.165) is 25.1 Å². The lowest BCUT2D eigenvalue weighted by molar-refractivity contribution is -0.153. The number of ether oxygens (including phenoxy) is 3. The van der Waals surface area contributed by atoms with Gasteiger partial charge in [0.1, 0.15) is 0 Å². The number of nitrogens with zero attached hydrogens (tertiary/aromatic N) is 1. The van der Waals surface area contributed by atoms with Crippen molar-refractivity contribution < 1.29 is 27.4 Å². The zero-order chi connectivity index (χ0) is 22.0. The number of rotatable bonds is 10. The molecule has 1 aliphatic carbocycles. The van der Waals surface area contributed by atoms with Gasteiger partial charge >= 0.3 is 6.18 Å². The smallest absolute Gasteiger partial charge is 0.422 e. The monoisotopic (exact) mass is 559 g/mol. The maximum absolute atomic E-state index is 12.4. The SMILES string of the molecule is CN=C(NCc1ccc(OCC(F)(F)F)c(OC)c1)NCC1(CCOC)CCCC1.I. The third-order valence-corrected chi connectivity index (χ3v) is 5.43. The van der Waals surface area contributed by atoms with Gasteiger partial charge in [-0.05, 0) is 42.4 Å². The third kappa shape index (κ3) is 9.30. The first-order valence-corrected chi connectivity index (χ1v) is 10.1. The van der Waals surface area contributed by atoms with Gasteiger partial charge in [0.2, 0.25) is 0 Å². The minimum Gasteiger partial charge on any atom is -0.493 e. The van der Waals surface area contributed by atoms with Gasteiger partial charge in [-0.25, -0.2) is 0 Å². The molecule has 31 heavy (non-hydrogen) atoms. The lowest BCUT2D eigenvalue weighted by atomic mass is 9.83. The van der Waals surface area contributed by atoms with Gasteiger partial charge in [-0.1, -0.05) is 18.9 Å². The number of halogens is 4. The summed E-state index contributed by atoms with van der Waals surface area (Å²) < 4.78 is 52.4. The van der Waals surface area contributed by atoms with Crippen LogP contribution in [0.15, 0.2) is 23.2 Å². The van der Waals surface area contributed by atoms with E-state index in [4.69, 9.17) is 14.2 Å². The van der Waals surface area contributed by atoms with Crippen LogP contribution in [0.2, 0.25) is 0 Å². The Hall–Kier alpha value is -1.43. The molecule has 1 saturated carbocycles. The normalized spacial score (nSPS) is 15.9. The number of benzene rings is 1. The molecule has 0 atom stereocenters. The standard InChI is InChI=1S/C21H32F3N3O3.HI/c1-25-19(27-14-20(10-11-28-2)8-4-5-9-20)26-13-16-6-7-17(18(12-16)29-3)30-15-21(22,23)24;/h6-7,12H,4-5,8-11,13-15H2,1-3H3,(H2,25,26,27);1H. The highest BCUT2D eigenvalue weighted by molar-refractivity contribution is 14.0. The molecule has 0 unspecified atom stereocenters. The Morgan fingerprint density at radius 1 is 1.13 bits per heavy atom. The molecule has 0 spiro atoms. The molecule has 10 heteroatoms. The van der Waals surface area contributed by atoms with Gasteiger partial charge in [-0.3, -0.25) is 4.99 Å². The molecule has 0 radical (unpaired) electrons. The van der Waals surface area contributed by atoms with E-state index in [2.05, 4.69) is 15.6 Å². The first-order valence-electron chi connectivity index (χ1n) is 10.1. The molecule has 178 valence electrons. The fourth-order valence-corrected chi connectivity index (χ4v) is 3.74. The topological polar surface area (TPSA) is 64.1 Å². The predicted octanol–water partition coefficient (Wildman–Crippen LogP) is 4.52. The van der Waals surface area contributed by atoms with E-state index in [1.54, 1.807) is 26.3 Å². The zero-order valence-corrected chi connectivity index (χ0v) is 20.6. The van der Waals surface area contributed by atoms with Crippen molar-refractivity contribution in [1.29, 1.82) is 0 Å². The predicted molar refractivity (Wildman–Crippen MR) is 126 cm³/mol. The number of guanidine groups is 1. The van der Waals surface area contributed by atoms with Crippen LogP contribution in [0.4, 0.5) is 13.2 Å². The molecular weight excluding hydrogens is 526 g/mol. The zero-order valence-electron chi connectivity index (χ0n) is 18.3. The lowest BCUT2D eigenvalue weighted by Crippen LogP contribution is -2.43. The van der Waals surface area contributed by atoms with E-state index in [-0.39, 0.29) is 40.9 Å². The Balaban J connectivity index is 0.00000480. The highest BCUT2D eigenvalue weighted by Crippen LogP contribution is 2.40. The van der Waals surface area contributed by atoms with Gasteiger partial charge < -0.3 is 24.8 Å². The first kappa shape index (κ1) is 27.6. The van der Waals surface area contributed by atoms with Gasteiger partial charge in [-0.15, -0.1) is 24.0 Å². The highest BCUT2D eigenvalue weighted by Gasteiger charge is 2.33. The minimum atomic E-state index is -4.40. The molecule has 0 amide bonds. The molecule has 0 bridgehead atoms. The summed E-state index contributed by atoms with van der Waals surface area (Å²) in [5.74, 6) is 0.989. The Kier molecular flexibility index (Phi) is 11.7. The van der Waals surface area contributed by atoms with Crippen molar-refractivity contribution in [2.45, 2.75) is 44.8 Å². The second-order valence-electron chi connectivity index (χ2n) is 7.62. The van der Waals surface area contributed by atoms with Crippen LogP contribution >= 0.6 is 24.0 Å². The van der Waals surface area contributed by atoms with Crippen LogP contribution in [0, 0.1) is 5.41 Å². The Morgan fingerprint density at radius 2 is 1.84 bits per heavy atom. The van der Waals surface area contributed by atoms with Crippen LogP contribution in [-0.2, 0) is 11.3 Å². The minimum absolute atomic E-state index is 0. The van der Waals surface area contributed by atoms with E-state index in [9.17, 15) is 13.2 Å². The molecular formula is C21H33F3IN3O3. The van der Waals surface area contributed by atoms with Gasteiger partial charge in [0, 0.05) is 33.9 Å². The second kappa shape index (κ2) is 13.2. The molecule has 1 aromatic carbocycles. The van der Waals surface area contributed by atoms with Crippen LogP contribution in [-0.4, -0.2) is 53.2 Å². The summed E-state index contributed by atoms with van der Waals surface area (Å²) in [5.41, 5.74) is 1.07. The van der Waals surface area contributed by atoms with Crippen LogP contribution in [0.5, 0.6) is 11.5 Å². The van der Waals surface area contributed by atoms with Crippen molar-refractivity contribution >= 4 is 29.9 Å².